The lowest BCUT2D eigenvalue weighted by molar-refractivity contribution is -0.384. The van der Waals surface area contributed by atoms with Gasteiger partial charge in [-0.3, -0.25) is 19.2 Å². The van der Waals surface area contributed by atoms with Crippen LogP contribution in [0.5, 0.6) is 0 Å². The van der Waals surface area contributed by atoms with Crippen LogP contribution in [0.4, 0.5) is 10.5 Å². The highest BCUT2D eigenvalue weighted by Gasteiger charge is 2.32. The van der Waals surface area contributed by atoms with Gasteiger partial charge in [0.2, 0.25) is 0 Å². The Bertz CT molecular complexity index is 849. The van der Waals surface area contributed by atoms with Crippen LogP contribution < -0.4 is 0 Å². The van der Waals surface area contributed by atoms with E-state index in [2.05, 4.69) is 4.74 Å². The summed E-state index contributed by atoms with van der Waals surface area (Å²) in [4.78, 5) is 33.7. The smallest absolute Gasteiger partial charge is 0.414 e. The molecular weight excluding hydrogens is 384 g/mol. The highest BCUT2D eigenvalue weighted by atomic mass is 32.2. The third-order valence-corrected chi connectivity index (χ3v) is 4.62. The van der Waals surface area contributed by atoms with Crippen molar-refractivity contribution in [1.82, 2.24) is 4.90 Å². The minimum Gasteiger partial charge on any atom is -0.463 e. The zero-order valence-corrected chi connectivity index (χ0v) is 15.0. The molecule has 0 radical (unpaired) electrons. The van der Waals surface area contributed by atoms with E-state index in [-0.39, 0.29) is 23.7 Å². The summed E-state index contributed by atoms with van der Waals surface area (Å²) < 4.78 is 38.7. The highest BCUT2D eigenvalue weighted by molar-refractivity contribution is 7.86. The fourth-order valence-electron chi connectivity index (χ4n) is 2.06. The summed E-state index contributed by atoms with van der Waals surface area (Å²) in [7, 11) is -4.18. The lowest BCUT2D eigenvalue weighted by Gasteiger charge is -2.09. The number of rotatable bonds is 8. The van der Waals surface area contributed by atoms with Crippen LogP contribution in [0.15, 0.2) is 41.4 Å². The molecule has 1 fully saturated rings. The predicted octanol–water partition coefficient (Wildman–Crippen LogP) is 1.20. The lowest BCUT2D eigenvalue weighted by atomic mass is 10.3. The average molecular weight is 400 g/mol. The molecule has 0 aromatic heterocycles. The van der Waals surface area contributed by atoms with Crippen molar-refractivity contribution < 1.29 is 36.6 Å². The molecule has 1 aliphatic rings. The maximum Gasteiger partial charge on any atom is 0.414 e. The van der Waals surface area contributed by atoms with Crippen molar-refractivity contribution in [3.05, 3.63) is 46.7 Å². The largest absolute Gasteiger partial charge is 0.463 e. The summed E-state index contributed by atoms with van der Waals surface area (Å²) in [5, 5.41) is 10.6. The van der Waals surface area contributed by atoms with Crippen molar-refractivity contribution in [2.45, 2.75) is 17.9 Å². The quantitative estimate of drug-likeness (QED) is 0.207. The van der Waals surface area contributed by atoms with E-state index < -0.39 is 39.8 Å². The Kier molecular flexibility index (Phi) is 6.47. The molecule has 0 aliphatic carbocycles. The Hall–Kier alpha value is -2.99. The SMILES string of the molecule is CCOC(=O)/C=C/N1C[C@@H](COS(=O)(=O)c2ccc([N+](=O)[O-])cc2)OC1=O. The van der Waals surface area contributed by atoms with Gasteiger partial charge in [0, 0.05) is 24.4 Å². The molecule has 2 rings (SSSR count). The molecule has 1 aliphatic heterocycles. The van der Waals surface area contributed by atoms with E-state index in [1.165, 1.54) is 6.20 Å². The number of non-ortho nitro benzene ring substituents is 1. The number of hydrogen-bond acceptors (Lipinski definition) is 9. The number of benzene rings is 1. The summed E-state index contributed by atoms with van der Waals surface area (Å²) in [6.45, 7) is 1.35. The van der Waals surface area contributed by atoms with Crippen molar-refractivity contribution in [1.29, 1.82) is 0 Å². The summed E-state index contributed by atoms with van der Waals surface area (Å²) in [5.74, 6) is -0.634. The number of cyclic esters (lactones) is 1. The predicted molar refractivity (Wildman–Crippen MR) is 89.0 cm³/mol. The molecule has 11 nitrogen and oxygen atoms in total. The van der Waals surface area contributed by atoms with Crippen molar-refractivity contribution in [2.24, 2.45) is 0 Å². The zero-order chi connectivity index (χ0) is 20.0. The molecule has 12 heteroatoms. The number of carbonyl (C=O) groups is 2. The van der Waals surface area contributed by atoms with Crippen LogP contribution in [-0.2, 0) is 28.6 Å². The first kappa shape index (κ1) is 20.3. The standard InChI is InChI=1S/C15H16N2O9S/c1-2-24-14(18)7-8-16-9-12(26-15(16)19)10-25-27(22,23)13-5-3-11(4-6-13)17(20)21/h3-8,12H,2,9-10H2,1H3/b8-7+/t12-/m0/s1. The maximum absolute atomic E-state index is 12.1. The zero-order valence-electron chi connectivity index (χ0n) is 14.1. The third kappa shape index (κ3) is 5.49. The number of hydrogen-bond donors (Lipinski definition) is 0. The number of esters is 1. The van der Waals surface area contributed by atoms with Gasteiger partial charge in [-0.15, -0.1) is 0 Å². The van der Waals surface area contributed by atoms with Crippen LogP contribution in [0.1, 0.15) is 6.92 Å². The fraction of sp³-hybridized carbons (Fsp3) is 0.333. The summed E-state index contributed by atoms with van der Waals surface area (Å²) in [6.07, 6.45) is 0.571. The second-order valence-electron chi connectivity index (χ2n) is 5.22. The van der Waals surface area contributed by atoms with E-state index in [0.717, 1.165) is 35.2 Å². The van der Waals surface area contributed by atoms with E-state index in [1.807, 2.05) is 0 Å². The Morgan fingerprint density at radius 2 is 2.07 bits per heavy atom. The summed E-state index contributed by atoms with van der Waals surface area (Å²) in [6, 6.07) is 4.16. The average Bonchev–Trinajstić information content (AvgIpc) is 2.98. The summed E-state index contributed by atoms with van der Waals surface area (Å²) >= 11 is 0. The second kappa shape index (κ2) is 8.60. The molecule has 0 spiro atoms. The van der Waals surface area contributed by atoms with Crippen molar-refractivity contribution in [3.8, 4) is 0 Å². The monoisotopic (exact) mass is 400 g/mol. The third-order valence-electron chi connectivity index (χ3n) is 3.32. The van der Waals surface area contributed by atoms with Gasteiger partial charge in [0.15, 0.2) is 0 Å². The summed E-state index contributed by atoms with van der Waals surface area (Å²) in [5.41, 5.74) is -0.261. The molecule has 146 valence electrons. The van der Waals surface area contributed by atoms with Crippen LogP contribution in [0.25, 0.3) is 0 Å². The van der Waals surface area contributed by atoms with Gasteiger partial charge in [-0.1, -0.05) is 0 Å². The van der Waals surface area contributed by atoms with E-state index in [9.17, 15) is 28.1 Å². The van der Waals surface area contributed by atoms with E-state index in [0.29, 0.717) is 0 Å². The van der Waals surface area contributed by atoms with E-state index in [1.54, 1.807) is 6.92 Å². The molecule has 1 amide bonds. The molecule has 1 aromatic rings. The Morgan fingerprint density at radius 1 is 1.41 bits per heavy atom. The van der Waals surface area contributed by atoms with Crippen LogP contribution >= 0.6 is 0 Å². The van der Waals surface area contributed by atoms with Crippen molar-refractivity contribution >= 4 is 27.9 Å². The first-order valence-corrected chi connectivity index (χ1v) is 9.10. The minimum absolute atomic E-state index is 0.0233. The molecule has 0 N–H and O–H groups in total. The van der Waals surface area contributed by atoms with Gasteiger partial charge in [0.1, 0.15) is 12.7 Å². The van der Waals surface area contributed by atoms with Gasteiger partial charge in [0.05, 0.1) is 23.0 Å². The van der Waals surface area contributed by atoms with Gasteiger partial charge in [-0.2, -0.15) is 8.42 Å². The Morgan fingerprint density at radius 3 is 2.67 bits per heavy atom. The normalized spacial score (nSPS) is 17.1. The van der Waals surface area contributed by atoms with Gasteiger partial charge in [-0.25, -0.2) is 9.59 Å². The molecule has 0 saturated carbocycles. The first-order chi connectivity index (χ1) is 12.7. The van der Waals surface area contributed by atoms with Crippen molar-refractivity contribution in [2.75, 3.05) is 19.8 Å². The van der Waals surface area contributed by atoms with Crippen LogP contribution in [-0.4, -0.2) is 56.2 Å². The molecule has 1 atom stereocenters. The minimum atomic E-state index is -4.18. The van der Waals surface area contributed by atoms with Gasteiger partial charge in [-0.05, 0) is 19.1 Å². The first-order valence-electron chi connectivity index (χ1n) is 7.69. The van der Waals surface area contributed by atoms with Gasteiger partial charge in [0.25, 0.3) is 15.8 Å². The number of nitrogens with zero attached hydrogens (tertiary/aromatic N) is 2. The number of ether oxygens (including phenoxy) is 2. The Labute approximate surface area is 154 Å². The topological polar surface area (TPSA) is 142 Å². The van der Waals surface area contributed by atoms with Crippen LogP contribution in [0, 0.1) is 10.1 Å². The number of nitro benzene ring substituents is 1. The fourth-order valence-corrected chi connectivity index (χ4v) is 3.00. The van der Waals surface area contributed by atoms with Crippen molar-refractivity contribution in [3.63, 3.8) is 0 Å². The molecule has 27 heavy (non-hydrogen) atoms. The number of nitro groups is 1. The molecule has 1 heterocycles. The van der Waals surface area contributed by atoms with E-state index >= 15 is 0 Å². The van der Waals surface area contributed by atoms with E-state index in [4.69, 9.17) is 8.92 Å². The molecular formula is C15H16N2O9S. The van der Waals surface area contributed by atoms with Gasteiger partial charge >= 0.3 is 12.1 Å². The second-order valence-corrected chi connectivity index (χ2v) is 6.83. The Balaban J connectivity index is 1.93. The molecule has 1 saturated heterocycles. The van der Waals surface area contributed by atoms with Crippen LogP contribution in [0.3, 0.4) is 0 Å². The van der Waals surface area contributed by atoms with Crippen LogP contribution in [0.2, 0.25) is 0 Å². The number of amides is 1. The maximum atomic E-state index is 12.1. The lowest BCUT2D eigenvalue weighted by Crippen LogP contribution is -2.23. The molecule has 0 unspecified atom stereocenters. The number of carbonyl (C=O) groups excluding carboxylic acids is 2. The molecule has 0 bridgehead atoms. The molecule has 1 aromatic carbocycles. The highest BCUT2D eigenvalue weighted by Crippen LogP contribution is 2.19. The van der Waals surface area contributed by atoms with Gasteiger partial charge < -0.3 is 9.47 Å².